The normalized spacial score (nSPS) is 24.6. The van der Waals surface area contributed by atoms with Gasteiger partial charge in [-0.2, -0.15) is 0 Å². The van der Waals surface area contributed by atoms with Gasteiger partial charge in [0, 0.05) is 11.5 Å². The Labute approximate surface area is 108 Å². The second-order valence-corrected chi connectivity index (χ2v) is 5.71. The van der Waals surface area contributed by atoms with Crippen molar-refractivity contribution >= 4 is 17.4 Å². The first kappa shape index (κ1) is 12.6. The van der Waals surface area contributed by atoms with Crippen molar-refractivity contribution < 1.29 is 4.79 Å². The third kappa shape index (κ3) is 2.90. The number of carbonyl (C=O) groups excluding carboxylic acids is 1. The van der Waals surface area contributed by atoms with Crippen LogP contribution in [0.4, 0.5) is 0 Å². The van der Waals surface area contributed by atoms with E-state index in [4.69, 9.17) is 11.6 Å². The van der Waals surface area contributed by atoms with Gasteiger partial charge in [0.15, 0.2) is 5.78 Å². The predicted molar refractivity (Wildman–Crippen MR) is 71.6 cm³/mol. The number of aryl methyl sites for hydroxylation is 1. The van der Waals surface area contributed by atoms with Crippen LogP contribution in [0.5, 0.6) is 0 Å². The molecule has 1 saturated carbocycles. The topological polar surface area (TPSA) is 17.1 Å². The Morgan fingerprint density at radius 3 is 2.47 bits per heavy atom. The van der Waals surface area contributed by atoms with Crippen molar-refractivity contribution in [1.82, 2.24) is 0 Å². The smallest absolute Gasteiger partial charge is 0.167 e. The van der Waals surface area contributed by atoms with E-state index in [0.717, 1.165) is 24.3 Å². The molecule has 0 atom stereocenters. The number of benzene rings is 1. The molecule has 2 rings (SSSR count). The highest BCUT2D eigenvalue weighted by atomic mass is 35.5. The molecular formula is C15H19ClO. The van der Waals surface area contributed by atoms with Gasteiger partial charge in [-0.15, -0.1) is 0 Å². The van der Waals surface area contributed by atoms with Gasteiger partial charge in [-0.3, -0.25) is 4.79 Å². The molecule has 0 amide bonds. The molecule has 0 radical (unpaired) electrons. The Morgan fingerprint density at radius 2 is 1.88 bits per heavy atom. The first-order valence-corrected chi connectivity index (χ1v) is 6.76. The van der Waals surface area contributed by atoms with E-state index in [1.54, 1.807) is 0 Å². The lowest BCUT2D eigenvalue weighted by atomic mass is 9.79. The highest BCUT2D eigenvalue weighted by Crippen LogP contribution is 2.32. The van der Waals surface area contributed by atoms with Crippen molar-refractivity contribution in [1.29, 1.82) is 0 Å². The van der Waals surface area contributed by atoms with Crippen LogP contribution in [0.25, 0.3) is 0 Å². The van der Waals surface area contributed by atoms with Crippen LogP contribution in [0.2, 0.25) is 5.02 Å². The van der Waals surface area contributed by atoms with Gasteiger partial charge in [-0.05, 0) is 43.4 Å². The summed E-state index contributed by atoms with van der Waals surface area (Å²) >= 11 is 6.15. The number of halogens is 1. The zero-order chi connectivity index (χ0) is 12.4. The molecule has 0 aliphatic heterocycles. The number of Topliss-reactive ketones (excluding diaryl/α,β-unsaturated/α-hetero) is 1. The molecule has 1 aromatic rings. The molecule has 1 aromatic carbocycles. The molecule has 0 unspecified atom stereocenters. The number of carbonyl (C=O) groups is 1. The number of hydrogen-bond donors (Lipinski definition) is 0. The summed E-state index contributed by atoms with van der Waals surface area (Å²) in [7, 11) is 0. The summed E-state index contributed by atoms with van der Waals surface area (Å²) in [6.45, 7) is 4.25. The van der Waals surface area contributed by atoms with Gasteiger partial charge in [0.05, 0.1) is 5.02 Å². The van der Waals surface area contributed by atoms with Crippen LogP contribution >= 0.6 is 11.6 Å². The molecule has 2 heteroatoms. The van der Waals surface area contributed by atoms with Gasteiger partial charge in [-0.1, -0.05) is 37.4 Å². The lowest BCUT2D eigenvalue weighted by Gasteiger charge is -2.25. The Hall–Kier alpha value is -0.820. The minimum absolute atomic E-state index is 0.186. The predicted octanol–water partition coefficient (Wildman–Crippen LogP) is 4.66. The molecule has 0 spiro atoms. The van der Waals surface area contributed by atoms with E-state index >= 15 is 0 Å². The molecule has 0 N–H and O–H groups in total. The first-order chi connectivity index (χ1) is 8.08. The van der Waals surface area contributed by atoms with Gasteiger partial charge in [-0.25, -0.2) is 0 Å². The van der Waals surface area contributed by atoms with Crippen LogP contribution < -0.4 is 0 Å². The van der Waals surface area contributed by atoms with Gasteiger partial charge in [0.1, 0.15) is 0 Å². The standard InChI is InChI=1S/C15H19ClO/c1-10-3-6-12(7-4-10)15(17)13-8-5-11(2)9-14(13)16/h5,8-10,12H,3-4,6-7H2,1-2H3. The van der Waals surface area contributed by atoms with Crippen LogP contribution in [0, 0.1) is 18.8 Å². The summed E-state index contributed by atoms with van der Waals surface area (Å²) in [5.74, 6) is 1.20. The Morgan fingerprint density at radius 1 is 1.24 bits per heavy atom. The van der Waals surface area contributed by atoms with Crippen molar-refractivity contribution in [2.45, 2.75) is 39.5 Å². The monoisotopic (exact) mass is 250 g/mol. The van der Waals surface area contributed by atoms with E-state index in [9.17, 15) is 4.79 Å². The maximum absolute atomic E-state index is 12.4. The van der Waals surface area contributed by atoms with E-state index in [-0.39, 0.29) is 11.7 Å². The Bertz CT molecular complexity index is 417. The minimum Gasteiger partial charge on any atom is -0.294 e. The fourth-order valence-electron chi connectivity index (χ4n) is 2.56. The van der Waals surface area contributed by atoms with E-state index in [0.29, 0.717) is 10.6 Å². The van der Waals surface area contributed by atoms with Crippen molar-refractivity contribution in [2.75, 3.05) is 0 Å². The molecular weight excluding hydrogens is 232 g/mol. The van der Waals surface area contributed by atoms with Crippen molar-refractivity contribution in [3.05, 3.63) is 34.3 Å². The third-order valence-electron chi connectivity index (χ3n) is 3.78. The Kier molecular flexibility index (Phi) is 3.88. The van der Waals surface area contributed by atoms with Crippen LogP contribution in [0.15, 0.2) is 18.2 Å². The van der Waals surface area contributed by atoms with Crippen molar-refractivity contribution in [3.8, 4) is 0 Å². The molecule has 0 heterocycles. The fraction of sp³-hybridized carbons (Fsp3) is 0.533. The highest BCUT2D eigenvalue weighted by molar-refractivity contribution is 6.34. The van der Waals surface area contributed by atoms with Gasteiger partial charge in [0.25, 0.3) is 0 Å². The molecule has 1 aliphatic carbocycles. The fourth-order valence-corrected chi connectivity index (χ4v) is 2.89. The van der Waals surface area contributed by atoms with Crippen molar-refractivity contribution in [3.63, 3.8) is 0 Å². The third-order valence-corrected chi connectivity index (χ3v) is 4.09. The van der Waals surface area contributed by atoms with E-state index in [1.807, 2.05) is 25.1 Å². The molecule has 1 aliphatic rings. The SMILES string of the molecule is Cc1ccc(C(=O)C2CCC(C)CC2)c(Cl)c1. The maximum atomic E-state index is 12.4. The molecule has 0 saturated heterocycles. The lowest BCUT2D eigenvalue weighted by Crippen LogP contribution is -2.21. The van der Waals surface area contributed by atoms with Crippen LogP contribution in [-0.2, 0) is 0 Å². The molecule has 92 valence electrons. The summed E-state index contributed by atoms with van der Waals surface area (Å²) in [6, 6.07) is 5.71. The van der Waals surface area contributed by atoms with E-state index in [2.05, 4.69) is 6.92 Å². The molecule has 0 aromatic heterocycles. The summed E-state index contributed by atoms with van der Waals surface area (Å²) in [6.07, 6.45) is 4.37. The summed E-state index contributed by atoms with van der Waals surface area (Å²) in [5, 5.41) is 0.605. The van der Waals surface area contributed by atoms with E-state index in [1.165, 1.54) is 12.8 Å². The summed E-state index contributed by atoms with van der Waals surface area (Å²) < 4.78 is 0. The van der Waals surface area contributed by atoms with Gasteiger partial charge < -0.3 is 0 Å². The number of hydrogen-bond acceptors (Lipinski definition) is 1. The average Bonchev–Trinajstić information content (AvgIpc) is 2.29. The average molecular weight is 251 g/mol. The quantitative estimate of drug-likeness (QED) is 0.698. The minimum atomic E-state index is 0.186. The van der Waals surface area contributed by atoms with Crippen LogP contribution in [0.3, 0.4) is 0 Å². The van der Waals surface area contributed by atoms with Gasteiger partial charge in [0.2, 0.25) is 0 Å². The highest BCUT2D eigenvalue weighted by Gasteiger charge is 2.26. The number of rotatable bonds is 2. The molecule has 17 heavy (non-hydrogen) atoms. The number of ketones is 1. The van der Waals surface area contributed by atoms with Crippen LogP contribution in [-0.4, -0.2) is 5.78 Å². The second kappa shape index (κ2) is 5.22. The zero-order valence-electron chi connectivity index (χ0n) is 10.5. The maximum Gasteiger partial charge on any atom is 0.167 e. The Balaban J connectivity index is 2.14. The largest absolute Gasteiger partial charge is 0.294 e. The molecule has 0 bridgehead atoms. The molecule has 1 nitrogen and oxygen atoms in total. The van der Waals surface area contributed by atoms with Gasteiger partial charge >= 0.3 is 0 Å². The lowest BCUT2D eigenvalue weighted by molar-refractivity contribution is 0.0876. The van der Waals surface area contributed by atoms with Crippen LogP contribution in [0.1, 0.15) is 48.5 Å². The zero-order valence-corrected chi connectivity index (χ0v) is 11.3. The van der Waals surface area contributed by atoms with E-state index < -0.39 is 0 Å². The molecule has 1 fully saturated rings. The first-order valence-electron chi connectivity index (χ1n) is 6.38. The second-order valence-electron chi connectivity index (χ2n) is 5.30. The summed E-state index contributed by atoms with van der Waals surface area (Å²) in [4.78, 5) is 12.4. The summed E-state index contributed by atoms with van der Waals surface area (Å²) in [5.41, 5.74) is 1.81. The van der Waals surface area contributed by atoms with Crippen molar-refractivity contribution in [2.24, 2.45) is 11.8 Å².